The van der Waals surface area contributed by atoms with Crippen molar-refractivity contribution in [2.45, 2.75) is 13.3 Å². The van der Waals surface area contributed by atoms with Crippen molar-refractivity contribution in [3.63, 3.8) is 0 Å². The average Bonchev–Trinajstić information content (AvgIpc) is 1.95. The fraction of sp³-hybridized carbons (Fsp3) is 1.00. The van der Waals surface area contributed by atoms with Gasteiger partial charge in [0, 0.05) is 35.0 Å². The Morgan fingerprint density at radius 1 is 1.00 bits per heavy atom. The molecule has 0 aliphatic rings. The Balaban J connectivity index is 0. The van der Waals surface area contributed by atoms with Crippen LogP contribution >= 0.6 is 0 Å². The molecule has 0 aliphatic carbocycles. The molecule has 0 aromatic heterocycles. The van der Waals surface area contributed by atoms with Gasteiger partial charge in [0.25, 0.3) is 0 Å². The minimum Gasteiger partial charge on any atom is -0.396 e. The third-order valence-electron chi connectivity index (χ3n) is 1.76. The zero-order chi connectivity index (χ0) is 7.33. The Morgan fingerprint density at radius 2 is 1.30 bits per heavy atom. The molecule has 0 amide bonds. The largest absolute Gasteiger partial charge is 0.396 e. The van der Waals surface area contributed by atoms with Gasteiger partial charge in [0.1, 0.15) is 0 Å². The predicted octanol–water partition coefficient (Wildman–Crippen LogP) is -1.02. The molecular formula is C6H14NaO3. The molecule has 3 nitrogen and oxygen atoms in total. The summed E-state index contributed by atoms with van der Waals surface area (Å²) in [6, 6.07) is 0. The number of aliphatic hydroxyl groups excluding tert-OH is 3. The second kappa shape index (κ2) is 6.58. The molecule has 0 fully saturated rings. The van der Waals surface area contributed by atoms with E-state index in [1.807, 2.05) is 6.92 Å². The maximum Gasteiger partial charge on any atom is 0.0531 e. The van der Waals surface area contributed by atoms with E-state index in [-0.39, 0.29) is 49.4 Å². The number of rotatable bonds is 4. The first-order chi connectivity index (χ1) is 4.24. The molecule has 0 spiro atoms. The molecule has 3 N–H and O–H groups in total. The SMILES string of the molecule is CCC(CO)(CO)CO.[Na]. The van der Waals surface area contributed by atoms with E-state index in [0.717, 1.165) is 0 Å². The van der Waals surface area contributed by atoms with Gasteiger partial charge in [0.15, 0.2) is 0 Å². The van der Waals surface area contributed by atoms with E-state index in [0.29, 0.717) is 6.42 Å². The normalized spacial score (nSPS) is 10.8. The fourth-order valence-corrected chi connectivity index (χ4v) is 0.485. The zero-order valence-electron chi connectivity index (χ0n) is 6.67. The summed E-state index contributed by atoms with van der Waals surface area (Å²) in [5, 5.41) is 26.0. The first kappa shape index (κ1) is 13.5. The summed E-state index contributed by atoms with van der Waals surface area (Å²) in [5.74, 6) is 0. The van der Waals surface area contributed by atoms with Crippen molar-refractivity contribution in [3.8, 4) is 0 Å². The van der Waals surface area contributed by atoms with Gasteiger partial charge in [-0.1, -0.05) is 6.92 Å². The third-order valence-corrected chi connectivity index (χ3v) is 1.76. The number of hydrogen-bond donors (Lipinski definition) is 3. The fourth-order valence-electron chi connectivity index (χ4n) is 0.485. The van der Waals surface area contributed by atoms with E-state index >= 15 is 0 Å². The minimum absolute atomic E-state index is 0. The Kier molecular flexibility index (Phi) is 8.86. The van der Waals surface area contributed by atoms with E-state index in [9.17, 15) is 0 Å². The van der Waals surface area contributed by atoms with E-state index in [4.69, 9.17) is 15.3 Å². The van der Waals surface area contributed by atoms with Crippen LogP contribution in [0.3, 0.4) is 0 Å². The van der Waals surface area contributed by atoms with Crippen molar-refractivity contribution in [3.05, 3.63) is 0 Å². The van der Waals surface area contributed by atoms with Gasteiger partial charge in [-0.2, -0.15) is 0 Å². The second-order valence-corrected chi connectivity index (χ2v) is 2.33. The van der Waals surface area contributed by atoms with E-state index in [1.165, 1.54) is 0 Å². The van der Waals surface area contributed by atoms with Crippen LogP contribution in [0.1, 0.15) is 13.3 Å². The molecule has 0 aliphatic heterocycles. The number of aliphatic hydroxyl groups is 3. The Morgan fingerprint density at radius 3 is 1.30 bits per heavy atom. The van der Waals surface area contributed by atoms with Crippen molar-refractivity contribution >= 4 is 29.6 Å². The molecule has 0 saturated heterocycles. The van der Waals surface area contributed by atoms with E-state index in [1.54, 1.807) is 0 Å². The Bertz CT molecular complexity index is 55.9. The molecule has 0 rings (SSSR count). The summed E-state index contributed by atoms with van der Waals surface area (Å²) in [6.07, 6.45) is 0.594. The van der Waals surface area contributed by atoms with Gasteiger partial charge in [-0.15, -0.1) is 0 Å². The van der Waals surface area contributed by atoms with Crippen LogP contribution in [0.4, 0.5) is 0 Å². The van der Waals surface area contributed by atoms with Crippen LogP contribution in [0.25, 0.3) is 0 Å². The van der Waals surface area contributed by atoms with E-state index < -0.39 is 5.41 Å². The first-order valence-corrected chi connectivity index (χ1v) is 3.07. The van der Waals surface area contributed by atoms with E-state index in [2.05, 4.69) is 0 Å². The Labute approximate surface area is 83.4 Å². The van der Waals surface area contributed by atoms with Gasteiger partial charge in [-0.05, 0) is 6.42 Å². The molecule has 57 valence electrons. The molecule has 10 heavy (non-hydrogen) atoms. The molecule has 0 atom stereocenters. The van der Waals surface area contributed by atoms with Crippen LogP contribution < -0.4 is 0 Å². The van der Waals surface area contributed by atoms with Gasteiger partial charge < -0.3 is 15.3 Å². The molecule has 1 radical (unpaired) electrons. The molecule has 4 heteroatoms. The summed E-state index contributed by atoms with van der Waals surface area (Å²) >= 11 is 0. The van der Waals surface area contributed by atoms with Crippen molar-refractivity contribution in [2.24, 2.45) is 5.41 Å². The zero-order valence-corrected chi connectivity index (χ0v) is 8.67. The standard InChI is InChI=1S/C6H14O3.Na/c1-2-6(3-7,4-8)5-9;/h7-9H,2-5H2,1H3;. The van der Waals surface area contributed by atoms with Crippen LogP contribution in [0.2, 0.25) is 0 Å². The molecular weight excluding hydrogens is 143 g/mol. The maximum absolute atomic E-state index is 8.66. The predicted molar refractivity (Wildman–Crippen MR) is 39.7 cm³/mol. The molecule has 0 bridgehead atoms. The van der Waals surface area contributed by atoms with Crippen LogP contribution in [0.15, 0.2) is 0 Å². The van der Waals surface area contributed by atoms with Gasteiger partial charge in [-0.25, -0.2) is 0 Å². The van der Waals surface area contributed by atoms with Gasteiger partial charge >= 0.3 is 0 Å². The molecule has 0 unspecified atom stereocenters. The topological polar surface area (TPSA) is 60.7 Å². The summed E-state index contributed by atoms with van der Waals surface area (Å²) in [6.45, 7) is 1.35. The second-order valence-electron chi connectivity index (χ2n) is 2.33. The summed E-state index contributed by atoms with van der Waals surface area (Å²) in [5.41, 5.74) is -0.667. The van der Waals surface area contributed by atoms with Crippen LogP contribution in [-0.2, 0) is 0 Å². The molecule has 0 aromatic rings. The van der Waals surface area contributed by atoms with Gasteiger partial charge in [0.05, 0.1) is 19.8 Å². The van der Waals surface area contributed by atoms with Crippen LogP contribution in [0.5, 0.6) is 0 Å². The summed E-state index contributed by atoms with van der Waals surface area (Å²) in [7, 11) is 0. The van der Waals surface area contributed by atoms with Crippen LogP contribution in [0, 0.1) is 5.41 Å². The summed E-state index contributed by atoms with van der Waals surface area (Å²) < 4.78 is 0. The quantitative estimate of drug-likeness (QED) is 0.458. The van der Waals surface area contributed by atoms with Crippen molar-refractivity contribution < 1.29 is 15.3 Å². The van der Waals surface area contributed by atoms with Gasteiger partial charge in [-0.3, -0.25) is 0 Å². The molecule has 0 heterocycles. The van der Waals surface area contributed by atoms with Gasteiger partial charge in [0.2, 0.25) is 0 Å². The third kappa shape index (κ3) is 3.32. The van der Waals surface area contributed by atoms with Crippen molar-refractivity contribution in [1.29, 1.82) is 0 Å². The summed E-state index contributed by atoms with van der Waals surface area (Å²) in [4.78, 5) is 0. The maximum atomic E-state index is 8.66. The molecule has 0 saturated carbocycles. The van der Waals surface area contributed by atoms with Crippen molar-refractivity contribution in [2.75, 3.05) is 19.8 Å². The van der Waals surface area contributed by atoms with Crippen LogP contribution in [-0.4, -0.2) is 64.7 Å². The number of hydrogen-bond acceptors (Lipinski definition) is 3. The Hall–Kier alpha value is 0.880. The first-order valence-electron chi connectivity index (χ1n) is 3.07. The average molecular weight is 157 g/mol. The van der Waals surface area contributed by atoms with Crippen molar-refractivity contribution in [1.82, 2.24) is 0 Å². The minimum atomic E-state index is -0.667. The monoisotopic (exact) mass is 157 g/mol. The smallest absolute Gasteiger partial charge is 0.0531 e. The molecule has 0 aromatic carbocycles.